The quantitative estimate of drug-likeness (QED) is 0.903. The first-order chi connectivity index (χ1) is 7.58. The maximum absolute atomic E-state index is 5.63. The van der Waals surface area contributed by atoms with Crippen LogP contribution >= 0.6 is 31.9 Å². The van der Waals surface area contributed by atoms with Gasteiger partial charge in [0.2, 0.25) is 11.7 Å². The Kier molecular flexibility index (Phi) is 3.36. The van der Waals surface area contributed by atoms with E-state index < -0.39 is 0 Å². The highest BCUT2D eigenvalue weighted by Crippen LogP contribution is 2.26. The summed E-state index contributed by atoms with van der Waals surface area (Å²) in [4.78, 5) is 8.36. The van der Waals surface area contributed by atoms with Crippen molar-refractivity contribution in [3.05, 3.63) is 27.1 Å². The van der Waals surface area contributed by atoms with Crippen LogP contribution < -0.4 is 5.73 Å². The molecule has 84 valence electrons. The lowest BCUT2D eigenvalue weighted by Crippen LogP contribution is -2.04. The minimum absolute atomic E-state index is 0.282. The van der Waals surface area contributed by atoms with Crippen molar-refractivity contribution in [2.45, 2.75) is 13.0 Å². The molecule has 2 rings (SSSR count). The molecule has 0 aliphatic carbocycles. The topological polar surface area (TPSA) is 77.8 Å². The van der Waals surface area contributed by atoms with Gasteiger partial charge in [0.05, 0.1) is 6.04 Å². The van der Waals surface area contributed by atoms with Gasteiger partial charge < -0.3 is 10.3 Å². The van der Waals surface area contributed by atoms with E-state index in [1.165, 1.54) is 0 Å². The van der Waals surface area contributed by atoms with Crippen molar-refractivity contribution in [1.82, 2.24) is 15.1 Å². The molecule has 0 fully saturated rings. The van der Waals surface area contributed by atoms with Crippen LogP contribution in [0.4, 0.5) is 0 Å². The molecule has 1 atom stereocenters. The maximum atomic E-state index is 5.63. The van der Waals surface area contributed by atoms with Crippen molar-refractivity contribution in [2.24, 2.45) is 5.73 Å². The summed E-state index contributed by atoms with van der Waals surface area (Å²) in [5.41, 5.74) is 6.26. The SMILES string of the molecule is C[C@@H](N)c1nc(-c2ncc(Br)cc2Br)no1. The second kappa shape index (κ2) is 4.60. The molecule has 0 saturated heterocycles. The Bertz CT molecular complexity index is 512. The van der Waals surface area contributed by atoms with E-state index in [1.807, 2.05) is 6.07 Å². The molecular weight excluding hydrogens is 340 g/mol. The smallest absolute Gasteiger partial charge is 0.243 e. The standard InChI is InChI=1S/C9H8Br2N4O/c1-4(12)9-14-8(15-16-9)7-6(11)2-5(10)3-13-7/h2-4H,12H2,1H3/t4-/m1/s1. The van der Waals surface area contributed by atoms with E-state index in [0.717, 1.165) is 8.95 Å². The Hall–Kier alpha value is -0.790. The monoisotopic (exact) mass is 346 g/mol. The fourth-order valence-electron chi connectivity index (χ4n) is 1.10. The molecule has 2 heterocycles. The van der Waals surface area contributed by atoms with Crippen molar-refractivity contribution >= 4 is 31.9 Å². The van der Waals surface area contributed by atoms with Crippen LogP contribution in [0.3, 0.4) is 0 Å². The first kappa shape index (κ1) is 11.7. The number of pyridine rings is 1. The molecule has 0 bridgehead atoms. The molecular formula is C9H8Br2N4O. The Balaban J connectivity index is 2.42. The second-order valence-corrected chi connectivity index (χ2v) is 5.00. The zero-order chi connectivity index (χ0) is 11.7. The van der Waals surface area contributed by atoms with Gasteiger partial charge in [-0.2, -0.15) is 4.98 Å². The molecule has 16 heavy (non-hydrogen) atoms. The van der Waals surface area contributed by atoms with Gasteiger partial charge in [-0.1, -0.05) is 5.16 Å². The van der Waals surface area contributed by atoms with E-state index in [4.69, 9.17) is 10.3 Å². The fourth-order valence-corrected chi connectivity index (χ4v) is 2.26. The highest BCUT2D eigenvalue weighted by Gasteiger charge is 2.15. The fraction of sp³-hybridized carbons (Fsp3) is 0.222. The minimum atomic E-state index is -0.282. The molecule has 7 heteroatoms. The summed E-state index contributed by atoms with van der Waals surface area (Å²) in [6.07, 6.45) is 1.67. The largest absolute Gasteiger partial charge is 0.337 e. The summed E-state index contributed by atoms with van der Waals surface area (Å²) in [5.74, 6) is 0.818. The van der Waals surface area contributed by atoms with E-state index in [9.17, 15) is 0 Å². The predicted octanol–water partition coefficient (Wildman–Crippen LogP) is 2.68. The third-order valence-corrected chi connectivity index (χ3v) is 2.89. The summed E-state index contributed by atoms with van der Waals surface area (Å²) in [6, 6.07) is 1.58. The average molecular weight is 348 g/mol. The van der Waals surface area contributed by atoms with Crippen LogP contribution in [0.2, 0.25) is 0 Å². The van der Waals surface area contributed by atoms with Crippen molar-refractivity contribution in [2.75, 3.05) is 0 Å². The predicted molar refractivity (Wildman–Crippen MR) is 65.5 cm³/mol. The third-order valence-electron chi connectivity index (χ3n) is 1.85. The maximum Gasteiger partial charge on any atom is 0.243 e. The van der Waals surface area contributed by atoms with E-state index in [2.05, 4.69) is 47.0 Å². The zero-order valence-electron chi connectivity index (χ0n) is 8.32. The van der Waals surface area contributed by atoms with Gasteiger partial charge in [0.15, 0.2) is 0 Å². The lowest BCUT2D eigenvalue weighted by Gasteiger charge is -1.98. The highest BCUT2D eigenvalue weighted by atomic mass is 79.9. The lowest BCUT2D eigenvalue weighted by molar-refractivity contribution is 0.362. The van der Waals surface area contributed by atoms with Gasteiger partial charge >= 0.3 is 0 Å². The molecule has 0 aliphatic rings. The van der Waals surface area contributed by atoms with Gasteiger partial charge in [0.25, 0.3) is 0 Å². The van der Waals surface area contributed by atoms with E-state index in [0.29, 0.717) is 17.4 Å². The minimum Gasteiger partial charge on any atom is -0.337 e. The first-order valence-corrected chi connectivity index (χ1v) is 6.07. The van der Waals surface area contributed by atoms with Crippen molar-refractivity contribution < 1.29 is 4.52 Å². The van der Waals surface area contributed by atoms with Crippen LogP contribution in [0.5, 0.6) is 0 Å². The molecule has 0 aromatic carbocycles. The van der Waals surface area contributed by atoms with Gasteiger partial charge in [-0.25, -0.2) is 0 Å². The van der Waals surface area contributed by atoms with Gasteiger partial charge in [0.1, 0.15) is 5.69 Å². The van der Waals surface area contributed by atoms with E-state index in [-0.39, 0.29) is 6.04 Å². The van der Waals surface area contributed by atoms with Gasteiger partial charge in [0, 0.05) is 15.1 Å². The third kappa shape index (κ3) is 2.31. The molecule has 0 spiro atoms. The Morgan fingerprint density at radius 1 is 1.44 bits per heavy atom. The van der Waals surface area contributed by atoms with Crippen molar-refractivity contribution in [3.8, 4) is 11.5 Å². The van der Waals surface area contributed by atoms with Crippen LogP contribution in [0, 0.1) is 0 Å². The number of nitrogens with two attached hydrogens (primary N) is 1. The van der Waals surface area contributed by atoms with Crippen molar-refractivity contribution in [1.29, 1.82) is 0 Å². The molecule has 0 aliphatic heterocycles. The first-order valence-electron chi connectivity index (χ1n) is 4.48. The summed E-state index contributed by atoms with van der Waals surface area (Å²) in [5, 5.41) is 3.82. The summed E-state index contributed by atoms with van der Waals surface area (Å²) < 4.78 is 6.67. The summed E-state index contributed by atoms with van der Waals surface area (Å²) >= 11 is 6.71. The number of hydrogen-bond acceptors (Lipinski definition) is 5. The Morgan fingerprint density at radius 3 is 2.75 bits per heavy atom. The van der Waals surface area contributed by atoms with E-state index in [1.54, 1.807) is 13.1 Å². The second-order valence-electron chi connectivity index (χ2n) is 3.23. The van der Waals surface area contributed by atoms with Gasteiger partial charge in [-0.05, 0) is 44.8 Å². The molecule has 5 nitrogen and oxygen atoms in total. The molecule has 2 N–H and O–H groups in total. The van der Waals surface area contributed by atoms with Crippen LogP contribution in [0.25, 0.3) is 11.5 Å². The Labute approximate surface area is 109 Å². The number of rotatable bonds is 2. The molecule has 0 unspecified atom stereocenters. The number of hydrogen-bond donors (Lipinski definition) is 1. The molecule has 0 saturated carbocycles. The number of halogens is 2. The number of aromatic nitrogens is 3. The van der Waals surface area contributed by atoms with Crippen LogP contribution in [0.15, 0.2) is 25.7 Å². The molecule has 2 aromatic heterocycles. The van der Waals surface area contributed by atoms with E-state index >= 15 is 0 Å². The molecule has 0 amide bonds. The van der Waals surface area contributed by atoms with Gasteiger partial charge in [-0.3, -0.25) is 4.98 Å². The molecule has 0 radical (unpaired) electrons. The summed E-state index contributed by atoms with van der Waals surface area (Å²) in [6.45, 7) is 1.78. The lowest BCUT2D eigenvalue weighted by atomic mass is 10.3. The highest BCUT2D eigenvalue weighted by molar-refractivity contribution is 9.11. The van der Waals surface area contributed by atoms with Gasteiger partial charge in [-0.15, -0.1) is 0 Å². The normalized spacial score (nSPS) is 12.8. The summed E-state index contributed by atoms with van der Waals surface area (Å²) in [7, 11) is 0. The Morgan fingerprint density at radius 2 is 2.19 bits per heavy atom. The molecule has 2 aromatic rings. The van der Waals surface area contributed by atoms with Crippen LogP contribution in [-0.4, -0.2) is 15.1 Å². The average Bonchev–Trinajstić information content (AvgIpc) is 2.66. The van der Waals surface area contributed by atoms with Crippen molar-refractivity contribution in [3.63, 3.8) is 0 Å². The zero-order valence-corrected chi connectivity index (χ0v) is 11.5. The van der Waals surface area contributed by atoms with Crippen LogP contribution in [0.1, 0.15) is 18.9 Å². The number of nitrogens with zero attached hydrogens (tertiary/aromatic N) is 3. The van der Waals surface area contributed by atoms with Crippen LogP contribution in [-0.2, 0) is 0 Å².